The monoisotopic (exact) mass is 421 g/mol. The molecule has 0 bridgehead atoms. The van der Waals surface area contributed by atoms with E-state index in [2.05, 4.69) is 15.0 Å². The van der Waals surface area contributed by atoms with E-state index in [0.717, 1.165) is 29.0 Å². The first-order valence-electron chi connectivity index (χ1n) is 10.1. The number of nitrogens with zero attached hydrogens (tertiary/aromatic N) is 2. The Kier molecular flexibility index (Phi) is 6.16. The van der Waals surface area contributed by atoms with Crippen LogP contribution in [0.5, 0.6) is 11.8 Å². The molecule has 0 radical (unpaired) electrons. The van der Waals surface area contributed by atoms with Gasteiger partial charge in [-0.05, 0) is 37.5 Å². The molecular weight excluding hydrogens is 398 g/mol. The van der Waals surface area contributed by atoms with Crippen LogP contribution in [0.3, 0.4) is 0 Å². The van der Waals surface area contributed by atoms with Crippen molar-refractivity contribution in [1.82, 2.24) is 15.0 Å². The van der Waals surface area contributed by atoms with Crippen molar-refractivity contribution in [3.8, 4) is 23.2 Å². The van der Waals surface area contributed by atoms with E-state index in [1.165, 1.54) is 0 Å². The summed E-state index contributed by atoms with van der Waals surface area (Å²) >= 11 is 0. The number of benzene rings is 1. The van der Waals surface area contributed by atoms with Crippen LogP contribution in [0.15, 0.2) is 62.3 Å². The highest BCUT2D eigenvalue weighted by atomic mass is 16.5. The highest BCUT2D eigenvalue weighted by Crippen LogP contribution is 2.22. The lowest BCUT2D eigenvalue weighted by molar-refractivity contribution is 0.307. The molecule has 0 unspecified atom stereocenters. The van der Waals surface area contributed by atoms with E-state index in [0.29, 0.717) is 37.6 Å². The third kappa shape index (κ3) is 5.22. The van der Waals surface area contributed by atoms with Gasteiger partial charge in [-0.3, -0.25) is 4.98 Å². The minimum Gasteiger partial charge on any atom is -0.492 e. The minimum absolute atomic E-state index is 0.204. The molecule has 0 spiro atoms. The van der Waals surface area contributed by atoms with Crippen LogP contribution >= 0.6 is 0 Å². The average molecular weight is 421 g/mol. The number of oxazole rings is 2. The van der Waals surface area contributed by atoms with Crippen LogP contribution in [0.4, 0.5) is 0 Å². The number of aromatic nitrogens is 3. The molecule has 31 heavy (non-hydrogen) atoms. The Balaban J connectivity index is 1.25. The van der Waals surface area contributed by atoms with Crippen molar-refractivity contribution in [3.63, 3.8) is 0 Å². The van der Waals surface area contributed by atoms with Crippen LogP contribution in [0, 0.1) is 6.92 Å². The number of rotatable bonds is 9. The largest absolute Gasteiger partial charge is 0.492 e. The molecule has 0 amide bonds. The van der Waals surface area contributed by atoms with Gasteiger partial charge in [-0.2, -0.15) is 0 Å². The van der Waals surface area contributed by atoms with E-state index >= 15 is 0 Å². The normalized spacial score (nSPS) is 11.0. The molecule has 0 atom stereocenters. The molecule has 0 aliphatic heterocycles. The fraction of sp³-hybridized carbons (Fsp3) is 0.261. The molecule has 0 saturated heterocycles. The Morgan fingerprint density at radius 1 is 1.06 bits per heavy atom. The zero-order chi connectivity index (χ0) is 21.6. The van der Waals surface area contributed by atoms with Crippen LogP contribution in [-0.2, 0) is 19.3 Å². The lowest BCUT2D eigenvalue weighted by atomic mass is 10.1. The highest BCUT2D eigenvalue weighted by Gasteiger charge is 2.12. The summed E-state index contributed by atoms with van der Waals surface area (Å²) in [6, 6.07) is 13.6. The molecule has 4 rings (SSSR count). The number of aryl methyl sites for hydroxylation is 3. The second kappa shape index (κ2) is 9.34. The van der Waals surface area contributed by atoms with Crippen LogP contribution in [-0.4, -0.2) is 26.7 Å². The maximum Gasteiger partial charge on any atom is 0.419 e. The summed E-state index contributed by atoms with van der Waals surface area (Å²) in [6.45, 7) is 2.35. The zero-order valence-electron chi connectivity index (χ0n) is 17.1. The standard InChI is InChI=1S/C23H23N3O5/c1-15-18(25-22(30-15)17-7-3-2-4-8-17)12-13-29-20-11-10-16(14-24-20)6-5-9-19-21(27)26-23(28)31-19/h2-4,7-8,10-11,14,27H,5-6,9,12-13H2,1H3,(H,26,28). The fourth-order valence-corrected chi connectivity index (χ4v) is 3.24. The number of nitrogens with one attached hydrogen (secondary N) is 1. The van der Waals surface area contributed by atoms with Gasteiger partial charge in [0, 0.05) is 30.7 Å². The molecule has 2 N–H and O–H groups in total. The van der Waals surface area contributed by atoms with Gasteiger partial charge in [0.15, 0.2) is 5.76 Å². The molecular formula is C23H23N3O5. The summed E-state index contributed by atoms with van der Waals surface area (Å²) in [7, 11) is 0. The summed E-state index contributed by atoms with van der Waals surface area (Å²) in [4.78, 5) is 22.1. The van der Waals surface area contributed by atoms with Crippen LogP contribution in [0.25, 0.3) is 11.5 Å². The topological polar surface area (TPSA) is 114 Å². The van der Waals surface area contributed by atoms with Crippen LogP contribution < -0.4 is 10.5 Å². The summed E-state index contributed by atoms with van der Waals surface area (Å²) in [5.74, 6) is 1.37. The minimum atomic E-state index is -0.646. The Hall–Kier alpha value is -3.81. The summed E-state index contributed by atoms with van der Waals surface area (Å²) < 4.78 is 16.4. The van der Waals surface area contributed by atoms with Crippen molar-refractivity contribution in [1.29, 1.82) is 0 Å². The Morgan fingerprint density at radius 3 is 2.61 bits per heavy atom. The van der Waals surface area contributed by atoms with Gasteiger partial charge in [-0.25, -0.2) is 14.8 Å². The van der Waals surface area contributed by atoms with Gasteiger partial charge < -0.3 is 18.7 Å². The van der Waals surface area contributed by atoms with E-state index in [4.69, 9.17) is 13.6 Å². The first kappa shape index (κ1) is 20.5. The van der Waals surface area contributed by atoms with Gasteiger partial charge in [0.05, 0.1) is 12.3 Å². The highest BCUT2D eigenvalue weighted by molar-refractivity contribution is 5.53. The number of H-pyrrole nitrogens is 1. The fourth-order valence-electron chi connectivity index (χ4n) is 3.24. The molecule has 3 heterocycles. The molecule has 8 heteroatoms. The number of aromatic amines is 1. The predicted molar refractivity (Wildman–Crippen MR) is 113 cm³/mol. The maximum absolute atomic E-state index is 11.0. The number of aromatic hydroxyl groups is 1. The van der Waals surface area contributed by atoms with Crippen molar-refractivity contribution >= 4 is 0 Å². The van der Waals surface area contributed by atoms with E-state index in [1.807, 2.05) is 49.4 Å². The summed E-state index contributed by atoms with van der Waals surface area (Å²) in [5.41, 5.74) is 2.85. The van der Waals surface area contributed by atoms with E-state index in [1.54, 1.807) is 6.20 Å². The van der Waals surface area contributed by atoms with Gasteiger partial charge in [-0.15, -0.1) is 0 Å². The maximum atomic E-state index is 11.0. The molecule has 160 valence electrons. The molecule has 1 aromatic carbocycles. The number of pyridine rings is 1. The van der Waals surface area contributed by atoms with Crippen LogP contribution in [0.2, 0.25) is 0 Å². The number of ether oxygens (including phenoxy) is 1. The van der Waals surface area contributed by atoms with Crippen molar-refractivity contribution in [2.45, 2.75) is 32.6 Å². The van der Waals surface area contributed by atoms with Gasteiger partial charge in [0.2, 0.25) is 17.7 Å². The third-order valence-electron chi connectivity index (χ3n) is 4.87. The van der Waals surface area contributed by atoms with Gasteiger partial charge >= 0.3 is 5.76 Å². The SMILES string of the molecule is Cc1oc(-c2ccccc2)nc1CCOc1ccc(CCCc2oc(=O)[nH]c2O)cn1. The predicted octanol–water partition coefficient (Wildman–Crippen LogP) is 3.83. The third-order valence-corrected chi connectivity index (χ3v) is 4.87. The number of hydrogen-bond acceptors (Lipinski definition) is 7. The summed E-state index contributed by atoms with van der Waals surface area (Å²) in [5, 5.41) is 9.52. The molecule has 0 fully saturated rings. The first-order valence-corrected chi connectivity index (χ1v) is 10.1. The van der Waals surface area contributed by atoms with E-state index in [9.17, 15) is 9.90 Å². The Morgan fingerprint density at radius 2 is 1.90 bits per heavy atom. The molecule has 0 aliphatic carbocycles. The van der Waals surface area contributed by atoms with Crippen molar-refractivity contribution in [2.24, 2.45) is 0 Å². The lowest BCUT2D eigenvalue weighted by Crippen LogP contribution is -2.04. The number of hydrogen-bond donors (Lipinski definition) is 2. The van der Waals surface area contributed by atoms with Crippen molar-refractivity contribution in [3.05, 3.63) is 82.0 Å². The van der Waals surface area contributed by atoms with Gasteiger partial charge in [0.25, 0.3) is 0 Å². The summed E-state index contributed by atoms with van der Waals surface area (Å²) in [6.07, 6.45) is 4.30. The van der Waals surface area contributed by atoms with Gasteiger partial charge in [0.1, 0.15) is 5.76 Å². The average Bonchev–Trinajstić information content (AvgIpc) is 3.31. The van der Waals surface area contributed by atoms with Crippen molar-refractivity contribution in [2.75, 3.05) is 6.61 Å². The Labute approximate surface area is 178 Å². The van der Waals surface area contributed by atoms with Crippen LogP contribution in [0.1, 0.15) is 29.2 Å². The molecule has 0 saturated carbocycles. The first-order chi connectivity index (χ1) is 15.1. The molecule has 0 aliphatic rings. The lowest BCUT2D eigenvalue weighted by Gasteiger charge is -2.05. The van der Waals surface area contributed by atoms with E-state index < -0.39 is 5.76 Å². The molecule has 3 aromatic heterocycles. The Bertz CT molecular complexity index is 1180. The van der Waals surface area contributed by atoms with E-state index in [-0.39, 0.29) is 11.6 Å². The quantitative estimate of drug-likeness (QED) is 0.422. The van der Waals surface area contributed by atoms with Gasteiger partial charge in [-0.1, -0.05) is 24.3 Å². The van der Waals surface area contributed by atoms with Crippen molar-refractivity contribution < 1.29 is 18.7 Å². The second-order valence-corrected chi connectivity index (χ2v) is 7.13. The smallest absolute Gasteiger partial charge is 0.419 e. The second-order valence-electron chi connectivity index (χ2n) is 7.13. The molecule has 8 nitrogen and oxygen atoms in total. The molecule has 4 aromatic rings. The zero-order valence-corrected chi connectivity index (χ0v) is 17.1.